The molecule has 0 spiro atoms. The summed E-state index contributed by atoms with van der Waals surface area (Å²) in [6.45, 7) is 5.58. The van der Waals surface area contributed by atoms with E-state index in [-0.39, 0.29) is 18.4 Å². The number of carbonyl (C=O) groups excluding carboxylic acids is 1. The van der Waals surface area contributed by atoms with Gasteiger partial charge in [-0.2, -0.15) is 0 Å². The zero-order chi connectivity index (χ0) is 16.1. The van der Waals surface area contributed by atoms with Gasteiger partial charge in [-0.05, 0) is 56.1 Å². The summed E-state index contributed by atoms with van der Waals surface area (Å²) in [4.78, 5) is 14.7. The largest absolute Gasteiger partial charge is 0.457 e. The first-order valence-electron chi connectivity index (χ1n) is 8.25. The van der Waals surface area contributed by atoms with Crippen molar-refractivity contribution in [3.63, 3.8) is 0 Å². The van der Waals surface area contributed by atoms with Gasteiger partial charge in [0.2, 0.25) is 0 Å². The summed E-state index contributed by atoms with van der Waals surface area (Å²) >= 11 is 0. The first kappa shape index (κ1) is 18.5. The third kappa shape index (κ3) is 4.83. The number of hydrogen-bond donors (Lipinski definition) is 0. The number of aryl methyl sites for hydroxylation is 1. The van der Waals surface area contributed by atoms with E-state index in [9.17, 15) is 4.79 Å². The predicted octanol–water partition coefficient (Wildman–Crippen LogP) is 4.37. The molecule has 3 nitrogen and oxygen atoms in total. The Balaban J connectivity index is 0.00000208. The Hall–Kier alpha value is -1.84. The van der Waals surface area contributed by atoms with Gasteiger partial charge in [-0.1, -0.05) is 42.0 Å². The molecular formula is C20H24ClNO2. The van der Waals surface area contributed by atoms with E-state index in [4.69, 9.17) is 4.74 Å². The zero-order valence-electron chi connectivity index (χ0n) is 14.0. The zero-order valence-corrected chi connectivity index (χ0v) is 14.8. The predicted molar refractivity (Wildman–Crippen MR) is 98.5 cm³/mol. The minimum absolute atomic E-state index is 0. The Morgan fingerprint density at radius 2 is 1.75 bits per heavy atom. The van der Waals surface area contributed by atoms with Crippen molar-refractivity contribution in [2.75, 3.05) is 13.1 Å². The molecule has 24 heavy (non-hydrogen) atoms. The molecule has 1 heterocycles. The van der Waals surface area contributed by atoms with Crippen molar-refractivity contribution in [1.29, 1.82) is 0 Å². The molecule has 0 N–H and O–H groups in total. The van der Waals surface area contributed by atoms with Gasteiger partial charge in [0, 0.05) is 6.54 Å². The second-order valence-electron chi connectivity index (χ2n) is 6.20. The number of ether oxygens (including phenoxy) is 1. The molecule has 4 heteroatoms. The van der Waals surface area contributed by atoms with Crippen molar-refractivity contribution in [1.82, 2.24) is 4.90 Å². The topological polar surface area (TPSA) is 29.5 Å². The molecule has 3 rings (SSSR count). The van der Waals surface area contributed by atoms with Crippen molar-refractivity contribution in [3.05, 3.63) is 70.8 Å². The molecule has 0 bridgehead atoms. The molecule has 1 saturated heterocycles. The van der Waals surface area contributed by atoms with E-state index in [0.29, 0.717) is 12.2 Å². The first-order chi connectivity index (χ1) is 11.2. The van der Waals surface area contributed by atoms with Crippen LogP contribution in [-0.2, 0) is 17.9 Å². The minimum Gasteiger partial charge on any atom is -0.457 e. The van der Waals surface area contributed by atoms with Crippen LogP contribution in [0.3, 0.4) is 0 Å². The third-order valence-corrected chi connectivity index (χ3v) is 4.32. The lowest BCUT2D eigenvalue weighted by atomic mass is 10.1. The number of likely N-dealkylation sites (tertiary alicyclic amines) is 1. The molecular weight excluding hydrogens is 322 g/mol. The summed E-state index contributed by atoms with van der Waals surface area (Å²) in [5, 5.41) is 0. The fourth-order valence-electron chi connectivity index (χ4n) is 3.03. The summed E-state index contributed by atoms with van der Waals surface area (Å²) in [7, 11) is 0. The second-order valence-corrected chi connectivity index (χ2v) is 6.20. The molecule has 1 aliphatic rings. The molecule has 1 aliphatic heterocycles. The Labute approximate surface area is 150 Å². The van der Waals surface area contributed by atoms with Crippen LogP contribution >= 0.6 is 12.4 Å². The molecule has 0 amide bonds. The molecule has 2 aromatic rings. The van der Waals surface area contributed by atoms with Crippen LogP contribution in [-0.4, -0.2) is 24.0 Å². The average Bonchev–Trinajstić information content (AvgIpc) is 3.07. The molecule has 1 fully saturated rings. The summed E-state index contributed by atoms with van der Waals surface area (Å²) in [6, 6.07) is 15.8. The van der Waals surface area contributed by atoms with Crippen LogP contribution < -0.4 is 0 Å². The molecule has 0 atom stereocenters. The molecule has 0 radical (unpaired) electrons. The number of benzene rings is 2. The van der Waals surface area contributed by atoms with E-state index < -0.39 is 0 Å². The fourth-order valence-corrected chi connectivity index (χ4v) is 3.03. The van der Waals surface area contributed by atoms with Crippen molar-refractivity contribution in [2.45, 2.75) is 32.9 Å². The number of nitrogens with zero attached hydrogens (tertiary/aromatic N) is 1. The number of hydrogen-bond acceptors (Lipinski definition) is 3. The maximum absolute atomic E-state index is 12.2. The van der Waals surface area contributed by atoms with Gasteiger partial charge in [0.05, 0.1) is 5.56 Å². The molecule has 0 aliphatic carbocycles. The normalized spacial score (nSPS) is 14.2. The number of carbonyl (C=O) groups is 1. The Morgan fingerprint density at radius 1 is 1.04 bits per heavy atom. The van der Waals surface area contributed by atoms with Crippen molar-refractivity contribution in [2.24, 2.45) is 0 Å². The van der Waals surface area contributed by atoms with Crippen molar-refractivity contribution >= 4 is 18.4 Å². The van der Waals surface area contributed by atoms with Crippen molar-refractivity contribution in [3.8, 4) is 0 Å². The van der Waals surface area contributed by atoms with Gasteiger partial charge in [0.15, 0.2) is 0 Å². The van der Waals surface area contributed by atoms with Gasteiger partial charge in [-0.15, -0.1) is 12.4 Å². The summed E-state index contributed by atoms with van der Waals surface area (Å²) in [6.07, 6.45) is 2.56. The smallest absolute Gasteiger partial charge is 0.338 e. The lowest BCUT2D eigenvalue weighted by molar-refractivity contribution is 0.0471. The van der Waals surface area contributed by atoms with Gasteiger partial charge in [-0.3, -0.25) is 4.90 Å². The van der Waals surface area contributed by atoms with Crippen LogP contribution in [0.25, 0.3) is 0 Å². The molecule has 0 unspecified atom stereocenters. The van der Waals surface area contributed by atoms with Crippen LogP contribution in [0.5, 0.6) is 0 Å². The number of halogens is 1. The van der Waals surface area contributed by atoms with Gasteiger partial charge < -0.3 is 4.74 Å². The monoisotopic (exact) mass is 345 g/mol. The van der Waals surface area contributed by atoms with E-state index >= 15 is 0 Å². The van der Waals surface area contributed by atoms with E-state index in [1.54, 1.807) is 6.07 Å². The highest BCUT2D eigenvalue weighted by molar-refractivity contribution is 5.89. The first-order valence-corrected chi connectivity index (χ1v) is 8.25. The summed E-state index contributed by atoms with van der Waals surface area (Å²) < 4.78 is 5.52. The molecule has 2 aromatic carbocycles. The number of esters is 1. The summed E-state index contributed by atoms with van der Waals surface area (Å²) in [5.41, 5.74) is 4.03. The van der Waals surface area contributed by atoms with Gasteiger partial charge >= 0.3 is 5.97 Å². The third-order valence-electron chi connectivity index (χ3n) is 4.32. The van der Waals surface area contributed by atoms with Gasteiger partial charge in [0.25, 0.3) is 0 Å². The van der Waals surface area contributed by atoms with Crippen LogP contribution in [0.4, 0.5) is 0 Å². The second kappa shape index (κ2) is 8.86. The number of rotatable bonds is 5. The Kier molecular flexibility index (Phi) is 6.83. The molecule has 0 aromatic heterocycles. The van der Waals surface area contributed by atoms with E-state index in [2.05, 4.69) is 23.1 Å². The van der Waals surface area contributed by atoms with Crippen LogP contribution in [0.1, 0.15) is 39.9 Å². The van der Waals surface area contributed by atoms with E-state index in [1.165, 1.54) is 18.4 Å². The molecule has 0 saturated carbocycles. The quantitative estimate of drug-likeness (QED) is 0.754. The molecule has 128 valence electrons. The lowest BCUT2D eigenvalue weighted by Gasteiger charge is -2.17. The minimum atomic E-state index is -0.260. The van der Waals surface area contributed by atoms with Crippen LogP contribution in [0.2, 0.25) is 0 Å². The van der Waals surface area contributed by atoms with E-state index in [0.717, 1.165) is 30.8 Å². The Bertz CT molecular complexity index is 681. The highest BCUT2D eigenvalue weighted by atomic mass is 35.5. The van der Waals surface area contributed by atoms with E-state index in [1.807, 2.05) is 31.2 Å². The highest BCUT2D eigenvalue weighted by Crippen LogP contribution is 2.17. The lowest BCUT2D eigenvalue weighted by Crippen LogP contribution is -2.19. The van der Waals surface area contributed by atoms with Crippen LogP contribution in [0, 0.1) is 6.92 Å². The SMILES string of the molecule is Cc1cccc(C(=O)OCc2ccccc2CN2CCCC2)c1.Cl. The maximum Gasteiger partial charge on any atom is 0.338 e. The van der Waals surface area contributed by atoms with Gasteiger partial charge in [-0.25, -0.2) is 4.79 Å². The maximum atomic E-state index is 12.2. The fraction of sp³-hybridized carbons (Fsp3) is 0.350. The van der Waals surface area contributed by atoms with Crippen molar-refractivity contribution < 1.29 is 9.53 Å². The average molecular weight is 346 g/mol. The Morgan fingerprint density at radius 3 is 2.46 bits per heavy atom. The summed E-state index contributed by atoms with van der Waals surface area (Å²) in [5.74, 6) is -0.260. The standard InChI is InChI=1S/C20H23NO2.ClH/c1-16-7-6-10-17(13-16)20(22)23-15-19-9-3-2-8-18(19)14-21-11-4-5-12-21;/h2-3,6-10,13H,4-5,11-12,14-15H2,1H3;1H. The van der Waals surface area contributed by atoms with Gasteiger partial charge in [0.1, 0.15) is 6.61 Å². The highest BCUT2D eigenvalue weighted by Gasteiger charge is 2.14. The van der Waals surface area contributed by atoms with Crippen LogP contribution in [0.15, 0.2) is 48.5 Å².